The van der Waals surface area contributed by atoms with Crippen LogP contribution in [-0.4, -0.2) is 10.9 Å². The van der Waals surface area contributed by atoms with Crippen molar-refractivity contribution in [2.45, 2.75) is 38.1 Å². The first-order valence-corrected chi connectivity index (χ1v) is 9.41. The fourth-order valence-corrected chi connectivity index (χ4v) is 4.47. The van der Waals surface area contributed by atoms with Gasteiger partial charge in [0.05, 0.1) is 17.1 Å². The van der Waals surface area contributed by atoms with Crippen LogP contribution in [0.1, 0.15) is 43.7 Å². The maximum atomic E-state index is 13.0. The van der Waals surface area contributed by atoms with Gasteiger partial charge in [-0.15, -0.1) is 0 Å². The molecule has 4 heteroatoms. The van der Waals surface area contributed by atoms with E-state index in [0.29, 0.717) is 0 Å². The molecule has 4 rings (SSSR count). The fourth-order valence-electron chi connectivity index (χ4n) is 4.21. The van der Waals surface area contributed by atoms with Crippen LogP contribution in [0.3, 0.4) is 0 Å². The molecule has 1 atom stereocenters. The third kappa shape index (κ3) is 2.53. The average molecular weight is 385 g/mol. The molecule has 1 N–H and O–H groups in total. The van der Waals surface area contributed by atoms with E-state index in [4.69, 9.17) is 0 Å². The molecule has 0 aromatic heterocycles. The molecule has 0 radical (unpaired) electrons. The van der Waals surface area contributed by atoms with E-state index < -0.39 is 0 Å². The first-order chi connectivity index (χ1) is 11.7. The number of carbonyl (C=O) groups excluding carboxylic acids is 1. The molecule has 0 bridgehead atoms. The molecular weight excluding hydrogens is 364 g/mol. The van der Waals surface area contributed by atoms with E-state index in [1.165, 1.54) is 12.0 Å². The Bertz CT molecular complexity index is 723. The van der Waals surface area contributed by atoms with Crippen LogP contribution in [0.25, 0.3) is 0 Å². The minimum absolute atomic E-state index is 0.110. The van der Waals surface area contributed by atoms with Crippen LogP contribution in [0.4, 0.5) is 5.69 Å². The van der Waals surface area contributed by atoms with Gasteiger partial charge in [-0.25, -0.2) is 5.01 Å². The molecule has 1 saturated heterocycles. The van der Waals surface area contributed by atoms with Crippen molar-refractivity contribution in [3.05, 3.63) is 64.6 Å². The largest absolute Gasteiger partial charge is 0.295 e. The smallest absolute Gasteiger partial charge is 0.250 e. The Kier molecular flexibility index (Phi) is 4.09. The van der Waals surface area contributed by atoms with Gasteiger partial charge in [0.1, 0.15) is 0 Å². The first kappa shape index (κ1) is 15.7. The summed E-state index contributed by atoms with van der Waals surface area (Å²) in [6.07, 6.45) is 5.54. The fraction of sp³-hybridized carbons (Fsp3) is 0.350. The van der Waals surface area contributed by atoms with E-state index in [1.54, 1.807) is 0 Å². The summed E-state index contributed by atoms with van der Waals surface area (Å²) in [7, 11) is 0. The lowest BCUT2D eigenvalue weighted by atomic mass is 9.61. The van der Waals surface area contributed by atoms with Gasteiger partial charge in [-0.05, 0) is 42.7 Å². The highest BCUT2D eigenvalue weighted by molar-refractivity contribution is 9.10. The highest BCUT2D eigenvalue weighted by atomic mass is 79.9. The summed E-state index contributed by atoms with van der Waals surface area (Å²) in [5.74, 6) is 0.249. The van der Waals surface area contributed by atoms with Crippen LogP contribution in [0, 0.1) is 5.41 Å². The third-order valence-corrected chi connectivity index (χ3v) is 5.91. The molecule has 124 valence electrons. The molecule has 1 aliphatic heterocycles. The monoisotopic (exact) mass is 384 g/mol. The third-order valence-electron chi connectivity index (χ3n) is 5.38. The van der Waals surface area contributed by atoms with Gasteiger partial charge in [0, 0.05) is 4.47 Å². The minimum Gasteiger partial charge on any atom is -0.295 e. The molecule has 3 nitrogen and oxygen atoms in total. The summed E-state index contributed by atoms with van der Waals surface area (Å²) in [5, 5.41) is 1.84. The molecule has 2 aromatic carbocycles. The SMILES string of the molecule is O=C1N(Nc2ccccc2)[C@@H](c2ccc(Br)cc2)C12CCCCC2. The summed E-state index contributed by atoms with van der Waals surface area (Å²) < 4.78 is 1.07. The van der Waals surface area contributed by atoms with Gasteiger partial charge in [0.2, 0.25) is 5.91 Å². The number of benzene rings is 2. The van der Waals surface area contributed by atoms with Crippen molar-refractivity contribution < 1.29 is 4.79 Å². The zero-order valence-corrected chi connectivity index (χ0v) is 15.1. The topological polar surface area (TPSA) is 32.3 Å². The van der Waals surface area contributed by atoms with Gasteiger partial charge in [0.15, 0.2) is 0 Å². The second kappa shape index (κ2) is 6.25. The minimum atomic E-state index is -0.214. The van der Waals surface area contributed by atoms with Gasteiger partial charge in [-0.1, -0.05) is 65.5 Å². The molecule has 1 aliphatic carbocycles. The molecule has 2 aliphatic rings. The molecule has 2 aromatic rings. The Morgan fingerprint density at radius 3 is 2.29 bits per heavy atom. The van der Waals surface area contributed by atoms with E-state index in [0.717, 1.165) is 35.8 Å². The van der Waals surface area contributed by atoms with Gasteiger partial charge in [0.25, 0.3) is 0 Å². The van der Waals surface area contributed by atoms with Crippen LogP contribution < -0.4 is 5.43 Å². The molecule has 24 heavy (non-hydrogen) atoms. The van der Waals surface area contributed by atoms with Crippen molar-refractivity contribution in [2.75, 3.05) is 5.43 Å². The predicted molar refractivity (Wildman–Crippen MR) is 99.3 cm³/mol. The van der Waals surface area contributed by atoms with E-state index in [1.807, 2.05) is 35.3 Å². The predicted octanol–water partition coefficient (Wildman–Crippen LogP) is 5.31. The zero-order chi connectivity index (χ0) is 16.6. The molecule has 1 amide bonds. The van der Waals surface area contributed by atoms with Crippen molar-refractivity contribution >= 4 is 27.5 Å². The van der Waals surface area contributed by atoms with Crippen LogP contribution in [0.5, 0.6) is 0 Å². The number of anilines is 1. The number of β-lactam (4-membered cyclic amide) rings is 1. The van der Waals surface area contributed by atoms with Crippen molar-refractivity contribution in [3.63, 3.8) is 0 Å². The Hall–Kier alpha value is -1.81. The number of nitrogens with one attached hydrogen (secondary N) is 1. The van der Waals surface area contributed by atoms with E-state index in [2.05, 4.69) is 45.6 Å². The number of halogens is 1. The van der Waals surface area contributed by atoms with Crippen LogP contribution in [0.2, 0.25) is 0 Å². The standard InChI is InChI=1S/C20H21BrN2O/c21-16-11-9-15(10-12-16)18-20(13-5-2-6-14-20)19(24)23(18)22-17-7-3-1-4-8-17/h1,3-4,7-12,18,22H,2,5-6,13-14H2/t18-/m0/s1. The van der Waals surface area contributed by atoms with Crippen molar-refractivity contribution in [2.24, 2.45) is 5.41 Å². The van der Waals surface area contributed by atoms with Gasteiger partial charge >= 0.3 is 0 Å². The lowest BCUT2D eigenvalue weighted by molar-refractivity contribution is -0.174. The molecule has 1 heterocycles. The van der Waals surface area contributed by atoms with Crippen LogP contribution >= 0.6 is 15.9 Å². The molecule has 1 saturated carbocycles. The lowest BCUT2D eigenvalue weighted by Crippen LogP contribution is -2.65. The van der Waals surface area contributed by atoms with Gasteiger partial charge in [-0.3, -0.25) is 10.2 Å². The van der Waals surface area contributed by atoms with Crippen LogP contribution in [0.15, 0.2) is 59.1 Å². The van der Waals surface area contributed by atoms with Crippen LogP contribution in [-0.2, 0) is 4.79 Å². The number of amides is 1. The summed E-state index contributed by atoms with van der Waals surface area (Å²) in [4.78, 5) is 13.0. The Labute approximate surface area is 151 Å². The highest BCUT2D eigenvalue weighted by Crippen LogP contribution is 2.57. The van der Waals surface area contributed by atoms with Gasteiger partial charge < -0.3 is 0 Å². The Morgan fingerprint density at radius 1 is 0.958 bits per heavy atom. The molecular formula is C20H21BrN2O. The highest BCUT2D eigenvalue weighted by Gasteiger charge is 2.61. The van der Waals surface area contributed by atoms with E-state index in [-0.39, 0.29) is 17.4 Å². The summed E-state index contributed by atoms with van der Waals surface area (Å²) >= 11 is 3.51. The molecule has 0 unspecified atom stereocenters. The second-order valence-corrected chi connectivity index (χ2v) is 7.74. The summed E-state index contributed by atoms with van der Waals surface area (Å²) in [5.41, 5.74) is 5.29. The number of carbonyl (C=O) groups is 1. The number of rotatable bonds is 3. The number of para-hydroxylation sites is 1. The van der Waals surface area contributed by atoms with E-state index in [9.17, 15) is 4.79 Å². The second-order valence-electron chi connectivity index (χ2n) is 6.82. The summed E-state index contributed by atoms with van der Waals surface area (Å²) in [6, 6.07) is 18.5. The van der Waals surface area contributed by atoms with Crippen molar-refractivity contribution in [1.29, 1.82) is 0 Å². The number of hydrogen-bond acceptors (Lipinski definition) is 2. The maximum Gasteiger partial charge on any atom is 0.250 e. The number of nitrogens with zero attached hydrogens (tertiary/aromatic N) is 1. The van der Waals surface area contributed by atoms with Crippen molar-refractivity contribution in [1.82, 2.24) is 5.01 Å². The zero-order valence-electron chi connectivity index (χ0n) is 13.5. The van der Waals surface area contributed by atoms with E-state index >= 15 is 0 Å². The maximum absolute atomic E-state index is 13.0. The number of hydrazine groups is 1. The van der Waals surface area contributed by atoms with Gasteiger partial charge in [-0.2, -0.15) is 0 Å². The Balaban J connectivity index is 1.67. The number of hydrogen-bond donors (Lipinski definition) is 1. The normalized spacial score (nSPS) is 22.3. The molecule has 1 spiro atoms. The summed E-state index contributed by atoms with van der Waals surface area (Å²) in [6.45, 7) is 0. The lowest BCUT2D eigenvalue weighted by Gasteiger charge is -2.57. The average Bonchev–Trinajstić information content (AvgIpc) is 2.64. The Morgan fingerprint density at radius 2 is 1.62 bits per heavy atom. The molecule has 2 fully saturated rings. The quantitative estimate of drug-likeness (QED) is 0.727. The van der Waals surface area contributed by atoms with Crippen molar-refractivity contribution in [3.8, 4) is 0 Å². The first-order valence-electron chi connectivity index (χ1n) is 8.62.